The number of carbonyl (C=O) groups excluding carboxylic acids is 3. The van der Waals surface area contributed by atoms with E-state index in [9.17, 15) is 17.7 Å². The van der Waals surface area contributed by atoms with Crippen LogP contribution in [-0.4, -0.2) is 16.0 Å². The first-order valence-electron chi connectivity index (χ1n) is 19.4. The average Bonchev–Trinajstić information content (AvgIpc) is 3.00. The van der Waals surface area contributed by atoms with Gasteiger partial charge in [0.2, 0.25) is 0 Å². The molecule has 46 heavy (non-hydrogen) atoms. The van der Waals surface area contributed by atoms with Gasteiger partial charge in [-0.1, -0.05) is 79.1 Å². The second kappa shape index (κ2) is 31.2. The van der Waals surface area contributed by atoms with Gasteiger partial charge in [-0.15, -0.1) is 0 Å². The van der Waals surface area contributed by atoms with Crippen LogP contribution in [0.4, 0.5) is 0 Å². The molecule has 0 spiro atoms. The van der Waals surface area contributed by atoms with Crippen molar-refractivity contribution in [1.29, 1.82) is 0 Å². The Labute approximate surface area is 288 Å². The van der Waals surface area contributed by atoms with Crippen molar-refractivity contribution in [2.24, 2.45) is 11.8 Å². The molecular weight excluding hydrogens is 612 g/mol. The van der Waals surface area contributed by atoms with Crippen LogP contribution in [0.1, 0.15) is 207 Å². The van der Waals surface area contributed by atoms with E-state index in [1.54, 1.807) is 0 Å². The third-order valence-electron chi connectivity index (χ3n) is 8.81. The van der Waals surface area contributed by atoms with Gasteiger partial charge in [-0.2, -0.15) is 0 Å². The van der Waals surface area contributed by atoms with Crippen molar-refractivity contribution in [3.8, 4) is 0 Å². The third-order valence-corrected chi connectivity index (χ3v) is 11.6. The molecule has 0 radical (unpaired) electrons. The number of allylic oxidation sites excluding steroid dienone is 1. The second-order valence-electron chi connectivity index (χ2n) is 14.4. The van der Waals surface area contributed by atoms with Crippen LogP contribution in [0.25, 0.3) is 0 Å². The predicted molar refractivity (Wildman–Crippen MR) is 187 cm³/mol. The topological polar surface area (TPSA) is 86.7 Å². The summed E-state index contributed by atoms with van der Waals surface area (Å²) in [7, 11) is 0. The summed E-state index contributed by atoms with van der Waals surface area (Å²) in [5.74, 6) is 0.158. The Hall–Kier alpha value is -1.14. The van der Waals surface area contributed by atoms with Crippen molar-refractivity contribution in [2.45, 2.75) is 207 Å². The zero-order chi connectivity index (χ0) is 34.3. The van der Waals surface area contributed by atoms with Gasteiger partial charge in [0, 0.05) is 0 Å². The standard InChI is InChI=1S/2C18H36O2.C3H3O.O.Ti/c2*1-17(2)15-13-11-9-7-5-3-4-6-8-10-12-14-16-18(19)20;1-2-3-4;;/h2*17H,3-16H2,1-2H3,(H,19,20);2H,1H2;;/q;;;;+2/p-2. The summed E-state index contributed by atoms with van der Waals surface area (Å²) in [6.45, 7) is 12.5. The molecule has 0 rings (SSSR count). The van der Waals surface area contributed by atoms with E-state index < -0.39 is 33.4 Å². The Morgan fingerprint density at radius 2 is 0.717 bits per heavy atom. The smallest absolute Gasteiger partial charge is 0.0628 e. The SMILES string of the molecule is C=C[C](=O)[Ti](=[O])([O]C(=O)CCCCCCCCCCCCCCC(C)C)[O]C(=O)CCCCCCCCCCCCCCC(C)C. The van der Waals surface area contributed by atoms with Gasteiger partial charge in [-0.3, -0.25) is 0 Å². The molecule has 0 N–H and O–H groups in total. The van der Waals surface area contributed by atoms with E-state index in [1.165, 1.54) is 116 Å². The summed E-state index contributed by atoms with van der Waals surface area (Å²) in [4.78, 5) is 36.9. The number of hydrogen-bond acceptors (Lipinski definition) is 6. The van der Waals surface area contributed by atoms with Gasteiger partial charge in [0.15, 0.2) is 0 Å². The molecule has 0 aromatic rings. The molecule has 0 aliphatic rings. The van der Waals surface area contributed by atoms with E-state index in [0.29, 0.717) is 12.8 Å². The fraction of sp³-hybridized carbons (Fsp3) is 0.872. The fourth-order valence-electron chi connectivity index (χ4n) is 5.83. The zero-order valence-electron chi connectivity index (χ0n) is 30.7. The van der Waals surface area contributed by atoms with Gasteiger partial charge in [0.1, 0.15) is 0 Å². The molecule has 269 valence electrons. The van der Waals surface area contributed by atoms with E-state index in [1.807, 2.05) is 0 Å². The first-order chi connectivity index (χ1) is 22.1. The molecule has 0 aromatic carbocycles. The van der Waals surface area contributed by atoms with E-state index in [-0.39, 0.29) is 12.8 Å². The van der Waals surface area contributed by atoms with Crippen LogP contribution in [0.2, 0.25) is 0 Å². The summed E-state index contributed by atoms with van der Waals surface area (Å²) in [5, 5.41) is 0. The molecule has 0 aromatic heterocycles. The Morgan fingerprint density at radius 3 is 0.957 bits per heavy atom. The minimum Gasteiger partial charge on any atom is -0.0628 e. The zero-order valence-corrected chi connectivity index (χ0v) is 32.2. The van der Waals surface area contributed by atoms with Crippen LogP contribution >= 0.6 is 0 Å². The van der Waals surface area contributed by atoms with Crippen LogP contribution in [-0.2, 0) is 41.7 Å². The average molecular weight is 686 g/mol. The molecule has 0 unspecified atom stereocenters. The molecule has 0 saturated heterocycles. The van der Waals surface area contributed by atoms with Crippen LogP contribution in [0.3, 0.4) is 0 Å². The van der Waals surface area contributed by atoms with Crippen molar-refractivity contribution in [2.75, 3.05) is 0 Å². The number of carbonyl (C=O) groups is 3. The first kappa shape index (κ1) is 44.9. The molecule has 0 atom stereocenters. The number of hydrogen-bond donors (Lipinski definition) is 0. The summed E-state index contributed by atoms with van der Waals surface area (Å²) in [6.07, 6.45) is 31.9. The van der Waals surface area contributed by atoms with Crippen molar-refractivity contribution in [3.05, 3.63) is 12.7 Å². The van der Waals surface area contributed by atoms with E-state index in [2.05, 4.69) is 34.3 Å². The molecule has 0 amide bonds. The van der Waals surface area contributed by atoms with Crippen molar-refractivity contribution in [1.82, 2.24) is 0 Å². The van der Waals surface area contributed by atoms with Crippen molar-refractivity contribution >= 4 is 16.0 Å². The molecule has 0 heterocycles. The van der Waals surface area contributed by atoms with Crippen LogP contribution in [0.15, 0.2) is 12.7 Å². The monoisotopic (exact) mass is 685 g/mol. The van der Waals surface area contributed by atoms with Gasteiger partial charge in [-0.05, 0) is 11.8 Å². The Balaban J connectivity index is 3.91. The van der Waals surface area contributed by atoms with E-state index in [0.717, 1.165) is 56.4 Å². The minimum absolute atomic E-state index is 0.0618. The molecule has 0 fully saturated rings. The summed E-state index contributed by atoms with van der Waals surface area (Å²) in [5.41, 5.74) is 0. The molecule has 0 aliphatic heterocycles. The minimum atomic E-state index is -5.51. The van der Waals surface area contributed by atoms with Crippen LogP contribution in [0, 0.1) is 11.8 Å². The van der Waals surface area contributed by atoms with Gasteiger partial charge in [0.05, 0.1) is 0 Å². The molecule has 0 bridgehead atoms. The Morgan fingerprint density at radius 1 is 0.478 bits per heavy atom. The maximum absolute atomic E-state index is 13.1. The summed E-state index contributed by atoms with van der Waals surface area (Å²) >= 11 is -5.51. The van der Waals surface area contributed by atoms with Crippen LogP contribution in [0.5, 0.6) is 0 Å². The van der Waals surface area contributed by atoms with Gasteiger partial charge in [0.25, 0.3) is 0 Å². The summed E-state index contributed by atoms with van der Waals surface area (Å²) < 4.78 is 22.2. The molecular formula is C39H73O6Ti. The molecule has 0 aliphatic carbocycles. The normalized spacial score (nSPS) is 11.7. The third kappa shape index (κ3) is 29.0. The quantitative estimate of drug-likeness (QED) is 0.0381. The van der Waals surface area contributed by atoms with E-state index in [4.69, 9.17) is 6.64 Å². The molecule has 7 heteroatoms. The molecule has 0 saturated carbocycles. The Kier molecular flexibility index (Phi) is 30.4. The maximum atomic E-state index is 13.1. The van der Waals surface area contributed by atoms with Crippen molar-refractivity contribution < 1.29 is 41.7 Å². The van der Waals surface area contributed by atoms with E-state index >= 15 is 0 Å². The number of unbranched alkanes of at least 4 members (excludes halogenated alkanes) is 22. The molecule has 6 nitrogen and oxygen atoms in total. The van der Waals surface area contributed by atoms with Gasteiger partial charge in [-0.25, -0.2) is 0 Å². The van der Waals surface area contributed by atoms with Gasteiger partial charge < -0.3 is 0 Å². The fourth-order valence-corrected chi connectivity index (χ4v) is 7.85. The van der Waals surface area contributed by atoms with Crippen LogP contribution < -0.4 is 0 Å². The second-order valence-corrected chi connectivity index (χ2v) is 17.6. The summed E-state index contributed by atoms with van der Waals surface area (Å²) in [6, 6.07) is 0. The predicted octanol–water partition coefficient (Wildman–Crippen LogP) is 12.3. The Bertz CT molecular complexity index is 767. The van der Waals surface area contributed by atoms with Gasteiger partial charge >= 0.3 is 199 Å². The first-order valence-corrected chi connectivity index (χ1v) is 22.1. The number of rotatable bonds is 34. The van der Waals surface area contributed by atoms with Crippen molar-refractivity contribution in [3.63, 3.8) is 0 Å².